The van der Waals surface area contributed by atoms with Gasteiger partial charge in [0.25, 0.3) is 0 Å². The number of hydrogen-bond acceptors (Lipinski definition) is 1. The average Bonchev–Trinajstić information content (AvgIpc) is 2.67. The summed E-state index contributed by atoms with van der Waals surface area (Å²) in [6.45, 7) is 6.70. The molecule has 2 aromatic rings. The Kier molecular flexibility index (Phi) is 8.67. The van der Waals surface area contributed by atoms with E-state index in [1.165, 1.54) is 55.4 Å². The quantitative estimate of drug-likeness (QED) is 0.487. The van der Waals surface area contributed by atoms with Crippen LogP contribution in [0.4, 0.5) is 4.39 Å². The summed E-state index contributed by atoms with van der Waals surface area (Å²) in [6, 6.07) is 14.7. The zero-order valence-corrected chi connectivity index (χ0v) is 16.5. The van der Waals surface area contributed by atoms with Crippen molar-refractivity contribution in [1.29, 1.82) is 0 Å². The summed E-state index contributed by atoms with van der Waals surface area (Å²) in [7, 11) is 0. The standard InChI is InChI=1S/C17H17FO.C7H16/c1-12-6-7-13-4-2-3-5-16(13)17(12)19-15-10-8-14(18)9-11-15;1-3-5-7-6-4-2/h2-5,8-12,17H,6-7H2,1H3;3-7H2,1-2H3/t12?,17-;/m1./s1. The molecule has 0 aliphatic heterocycles. The summed E-state index contributed by atoms with van der Waals surface area (Å²) in [4.78, 5) is 0. The molecule has 142 valence electrons. The van der Waals surface area contributed by atoms with Gasteiger partial charge in [0.05, 0.1) is 0 Å². The summed E-state index contributed by atoms with van der Waals surface area (Å²) >= 11 is 0. The van der Waals surface area contributed by atoms with Gasteiger partial charge in [-0.1, -0.05) is 77.1 Å². The highest BCUT2D eigenvalue weighted by atomic mass is 19.1. The minimum absolute atomic E-state index is 0.0652. The minimum atomic E-state index is -0.232. The molecule has 1 aliphatic carbocycles. The number of benzene rings is 2. The van der Waals surface area contributed by atoms with E-state index in [-0.39, 0.29) is 11.9 Å². The van der Waals surface area contributed by atoms with Crippen molar-refractivity contribution in [2.45, 2.75) is 71.8 Å². The van der Waals surface area contributed by atoms with Gasteiger partial charge in [0.15, 0.2) is 0 Å². The topological polar surface area (TPSA) is 9.23 Å². The van der Waals surface area contributed by atoms with Crippen molar-refractivity contribution in [2.75, 3.05) is 0 Å². The zero-order chi connectivity index (χ0) is 18.8. The number of ether oxygens (including phenoxy) is 1. The van der Waals surface area contributed by atoms with Crippen LogP contribution in [0.15, 0.2) is 48.5 Å². The molecule has 2 atom stereocenters. The van der Waals surface area contributed by atoms with E-state index in [9.17, 15) is 4.39 Å². The van der Waals surface area contributed by atoms with E-state index in [2.05, 4.69) is 45.0 Å². The van der Waals surface area contributed by atoms with E-state index in [1.54, 1.807) is 12.1 Å². The van der Waals surface area contributed by atoms with Gasteiger partial charge in [-0.05, 0) is 54.2 Å². The van der Waals surface area contributed by atoms with Crippen molar-refractivity contribution >= 4 is 0 Å². The molecular weight excluding hydrogens is 323 g/mol. The van der Waals surface area contributed by atoms with E-state index >= 15 is 0 Å². The van der Waals surface area contributed by atoms with Crippen molar-refractivity contribution in [3.63, 3.8) is 0 Å². The van der Waals surface area contributed by atoms with Gasteiger partial charge in [-0.2, -0.15) is 0 Å². The second-order valence-electron chi connectivity index (χ2n) is 7.27. The molecular formula is C24H33FO. The minimum Gasteiger partial charge on any atom is -0.485 e. The highest BCUT2D eigenvalue weighted by Gasteiger charge is 2.27. The predicted octanol–water partition coefficient (Wildman–Crippen LogP) is 7.50. The third kappa shape index (κ3) is 6.16. The monoisotopic (exact) mass is 356 g/mol. The lowest BCUT2D eigenvalue weighted by atomic mass is 9.82. The van der Waals surface area contributed by atoms with Gasteiger partial charge >= 0.3 is 0 Å². The number of hydrogen-bond donors (Lipinski definition) is 0. The molecule has 0 saturated heterocycles. The van der Waals surface area contributed by atoms with Crippen LogP contribution >= 0.6 is 0 Å². The first-order valence-corrected chi connectivity index (χ1v) is 10.2. The highest BCUT2D eigenvalue weighted by molar-refractivity contribution is 5.33. The Morgan fingerprint density at radius 2 is 1.58 bits per heavy atom. The summed E-state index contributed by atoms with van der Waals surface area (Å²) in [5.74, 6) is 0.972. The smallest absolute Gasteiger partial charge is 0.127 e. The van der Waals surface area contributed by atoms with Gasteiger partial charge in [0, 0.05) is 0 Å². The van der Waals surface area contributed by atoms with Gasteiger partial charge in [-0.15, -0.1) is 0 Å². The molecule has 1 nitrogen and oxygen atoms in total. The Morgan fingerprint density at radius 3 is 2.23 bits per heavy atom. The molecule has 0 spiro atoms. The van der Waals surface area contributed by atoms with Crippen LogP contribution in [0, 0.1) is 11.7 Å². The van der Waals surface area contributed by atoms with Crippen LogP contribution in [0.1, 0.15) is 76.5 Å². The first-order valence-electron chi connectivity index (χ1n) is 10.2. The first kappa shape index (κ1) is 20.5. The van der Waals surface area contributed by atoms with Gasteiger partial charge < -0.3 is 4.74 Å². The average molecular weight is 357 g/mol. The fourth-order valence-corrected chi connectivity index (χ4v) is 3.40. The zero-order valence-electron chi connectivity index (χ0n) is 16.5. The van der Waals surface area contributed by atoms with Crippen LogP contribution in [-0.4, -0.2) is 0 Å². The summed E-state index contributed by atoms with van der Waals surface area (Å²) in [6.07, 6.45) is 9.31. The van der Waals surface area contributed by atoms with E-state index in [0.717, 1.165) is 18.6 Å². The molecule has 0 saturated carbocycles. The van der Waals surface area contributed by atoms with Crippen molar-refractivity contribution in [3.05, 3.63) is 65.5 Å². The molecule has 0 bridgehead atoms. The van der Waals surface area contributed by atoms with Crippen LogP contribution in [0.3, 0.4) is 0 Å². The second-order valence-corrected chi connectivity index (χ2v) is 7.27. The fraction of sp³-hybridized carbons (Fsp3) is 0.500. The Morgan fingerprint density at radius 1 is 0.923 bits per heavy atom. The van der Waals surface area contributed by atoms with E-state index < -0.39 is 0 Å². The lowest BCUT2D eigenvalue weighted by molar-refractivity contribution is 0.129. The lowest BCUT2D eigenvalue weighted by Gasteiger charge is -2.31. The first-order chi connectivity index (χ1) is 12.7. The van der Waals surface area contributed by atoms with Crippen molar-refractivity contribution < 1.29 is 9.13 Å². The van der Waals surface area contributed by atoms with Crippen LogP contribution in [-0.2, 0) is 6.42 Å². The molecule has 26 heavy (non-hydrogen) atoms. The maximum absolute atomic E-state index is 12.9. The largest absolute Gasteiger partial charge is 0.485 e. The molecule has 1 aliphatic rings. The number of aryl methyl sites for hydroxylation is 1. The van der Waals surface area contributed by atoms with Crippen LogP contribution < -0.4 is 4.74 Å². The number of rotatable bonds is 6. The molecule has 3 rings (SSSR count). The number of unbranched alkanes of at least 4 members (excludes halogenated alkanes) is 4. The van der Waals surface area contributed by atoms with Crippen molar-refractivity contribution in [3.8, 4) is 5.75 Å². The Bertz CT molecular complexity index is 631. The van der Waals surface area contributed by atoms with Crippen LogP contribution in [0.25, 0.3) is 0 Å². The molecule has 2 heteroatoms. The van der Waals surface area contributed by atoms with Gasteiger partial charge in [0.2, 0.25) is 0 Å². The third-order valence-corrected chi connectivity index (χ3v) is 5.03. The van der Waals surface area contributed by atoms with Crippen molar-refractivity contribution in [2.24, 2.45) is 5.92 Å². The maximum atomic E-state index is 12.9. The summed E-state index contributed by atoms with van der Waals surface area (Å²) in [5.41, 5.74) is 2.64. The Hall–Kier alpha value is -1.83. The molecule has 0 heterocycles. The maximum Gasteiger partial charge on any atom is 0.127 e. The van der Waals surface area contributed by atoms with Gasteiger partial charge in [0.1, 0.15) is 17.7 Å². The Labute approximate surface area is 158 Å². The molecule has 2 aromatic carbocycles. The normalized spacial score (nSPS) is 18.5. The number of halogens is 1. The molecule has 0 amide bonds. The highest BCUT2D eigenvalue weighted by Crippen LogP contribution is 2.37. The molecule has 0 fully saturated rings. The van der Waals surface area contributed by atoms with Gasteiger partial charge in [-0.3, -0.25) is 0 Å². The summed E-state index contributed by atoms with van der Waals surface area (Å²) in [5, 5.41) is 0. The second kappa shape index (κ2) is 11.0. The third-order valence-electron chi connectivity index (χ3n) is 5.03. The fourth-order valence-electron chi connectivity index (χ4n) is 3.40. The van der Waals surface area contributed by atoms with Gasteiger partial charge in [-0.25, -0.2) is 4.39 Å². The van der Waals surface area contributed by atoms with E-state index in [1.807, 2.05) is 0 Å². The summed E-state index contributed by atoms with van der Waals surface area (Å²) < 4.78 is 19.0. The van der Waals surface area contributed by atoms with Crippen LogP contribution in [0.2, 0.25) is 0 Å². The lowest BCUT2D eigenvalue weighted by Crippen LogP contribution is -2.23. The van der Waals surface area contributed by atoms with E-state index in [4.69, 9.17) is 4.74 Å². The van der Waals surface area contributed by atoms with Crippen LogP contribution in [0.5, 0.6) is 5.75 Å². The molecule has 1 unspecified atom stereocenters. The SMILES string of the molecule is CC1CCc2ccccc2[C@@H]1Oc1ccc(F)cc1.CCCCCCC. The van der Waals surface area contributed by atoms with Crippen molar-refractivity contribution in [1.82, 2.24) is 0 Å². The Balaban J connectivity index is 0.000000298. The molecule has 0 N–H and O–H groups in total. The molecule has 0 aromatic heterocycles. The van der Waals surface area contributed by atoms with E-state index in [0.29, 0.717) is 5.92 Å². The molecule has 0 radical (unpaired) electrons. The predicted molar refractivity (Wildman–Crippen MR) is 108 cm³/mol. The number of fused-ring (bicyclic) bond motifs is 1.